The number of hydrogen-bond donors (Lipinski definition) is 2. The molecule has 0 saturated carbocycles. The van der Waals surface area contributed by atoms with Gasteiger partial charge in [-0.1, -0.05) is 41.9 Å². The van der Waals surface area contributed by atoms with Gasteiger partial charge in [0, 0.05) is 12.6 Å². The number of carbonyl (C=O) groups is 2. The third-order valence-corrected chi connectivity index (χ3v) is 3.98. The molecule has 0 spiro atoms. The Labute approximate surface area is 155 Å². The number of amides is 2. The molecule has 0 aliphatic heterocycles. The van der Waals surface area contributed by atoms with Crippen molar-refractivity contribution in [2.45, 2.75) is 6.92 Å². The lowest BCUT2D eigenvalue weighted by molar-refractivity contribution is -0.118. The van der Waals surface area contributed by atoms with E-state index < -0.39 is 0 Å². The summed E-state index contributed by atoms with van der Waals surface area (Å²) in [6, 6.07) is 18.4. The summed E-state index contributed by atoms with van der Waals surface area (Å²) in [6.45, 7) is 1.26. The standard InChI is InChI=1S/C20H17ClN2O3/c1-13(24)22-19-11-16(7-9-18(19)21)23-20(25)12-26-17-8-6-14-4-2-3-5-15(14)10-17/h2-11H,12H2,1H3,(H,22,24)(H,23,25). The molecule has 0 aliphatic rings. The number of anilines is 2. The van der Waals surface area contributed by atoms with Crippen LogP contribution in [0.2, 0.25) is 5.02 Å². The van der Waals surface area contributed by atoms with Gasteiger partial charge in [-0.2, -0.15) is 0 Å². The number of rotatable bonds is 5. The largest absolute Gasteiger partial charge is 0.484 e. The minimum absolute atomic E-state index is 0.129. The maximum Gasteiger partial charge on any atom is 0.262 e. The second-order valence-corrected chi connectivity index (χ2v) is 6.13. The van der Waals surface area contributed by atoms with Gasteiger partial charge >= 0.3 is 0 Å². The second-order valence-electron chi connectivity index (χ2n) is 5.72. The lowest BCUT2D eigenvalue weighted by Gasteiger charge is -2.11. The van der Waals surface area contributed by atoms with Gasteiger partial charge in [-0.25, -0.2) is 0 Å². The molecule has 26 heavy (non-hydrogen) atoms. The molecule has 3 aromatic rings. The van der Waals surface area contributed by atoms with Gasteiger partial charge < -0.3 is 15.4 Å². The van der Waals surface area contributed by atoms with Gasteiger partial charge in [0.1, 0.15) is 5.75 Å². The summed E-state index contributed by atoms with van der Waals surface area (Å²) in [5.41, 5.74) is 0.956. The van der Waals surface area contributed by atoms with Crippen molar-refractivity contribution in [2.24, 2.45) is 0 Å². The first-order valence-corrected chi connectivity index (χ1v) is 8.37. The van der Waals surface area contributed by atoms with Crippen molar-refractivity contribution < 1.29 is 14.3 Å². The predicted molar refractivity (Wildman–Crippen MR) is 104 cm³/mol. The van der Waals surface area contributed by atoms with E-state index >= 15 is 0 Å². The van der Waals surface area contributed by atoms with E-state index in [1.54, 1.807) is 18.2 Å². The lowest BCUT2D eigenvalue weighted by Crippen LogP contribution is -2.20. The quantitative estimate of drug-likeness (QED) is 0.698. The molecule has 132 valence electrons. The zero-order chi connectivity index (χ0) is 18.5. The van der Waals surface area contributed by atoms with Gasteiger partial charge in [0.15, 0.2) is 6.61 Å². The average Bonchev–Trinajstić information content (AvgIpc) is 2.62. The molecule has 5 nitrogen and oxygen atoms in total. The molecule has 3 rings (SSSR count). The number of carbonyl (C=O) groups excluding carboxylic acids is 2. The van der Waals surface area contributed by atoms with E-state index in [4.69, 9.17) is 16.3 Å². The maximum atomic E-state index is 12.1. The van der Waals surface area contributed by atoms with E-state index in [1.807, 2.05) is 42.5 Å². The van der Waals surface area contributed by atoms with Crippen LogP contribution in [0.5, 0.6) is 5.75 Å². The van der Waals surface area contributed by atoms with Crippen molar-refractivity contribution in [1.29, 1.82) is 0 Å². The SMILES string of the molecule is CC(=O)Nc1cc(NC(=O)COc2ccc3ccccc3c2)ccc1Cl. The summed E-state index contributed by atoms with van der Waals surface area (Å²) in [6.07, 6.45) is 0. The highest BCUT2D eigenvalue weighted by molar-refractivity contribution is 6.33. The Hall–Kier alpha value is -3.05. The molecule has 0 radical (unpaired) electrons. The third kappa shape index (κ3) is 4.52. The van der Waals surface area contributed by atoms with Crippen molar-refractivity contribution >= 4 is 45.6 Å². The van der Waals surface area contributed by atoms with Crippen molar-refractivity contribution in [1.82, 2.24) is 0 Å². The van der Waals surface area contributed by atoms with E-state index in [-0.39, 0.29) is 18.4 Å². The number of fused-ring (bicyclic) bond motifs is 1. The first-order valence-electron chi connectivity index (χ1n) is 8.00. The normalized spacial score (nSPS) is 10.4. The van der Waals surface area contributed by atoms with E-state index in [9.17, 15) is 9.59 Å². The molecule has 0 unspecified atom stereocenters. The fourth-order valence-corrected chi connectivity index (χ4v) is 2.66. The minimum atomic E-state index is -0.311. The van der Waals surface area contributed by atoms with Gasteiger partial charge in [0.25, 0.3) is 5.91 Å². The highest BCUT2D eigenvalue weighted by atomic mass is 35.5. The van der Waals surface area contributed by atoms with Crippen molar-refractivity contribution in [3.05, 3.63) is 65.7 Å². The Morgan fingerprint density at radius 3 is 2.50 bits per heavy atom. The fraction of sp³-hybridized carbons (Fsp3) is 0.100. The van der Waals surface area contributed by atoms with Gasteiger partial charge in [-0.3, -0.25) is 9.59 Å². The maximum absolute atomic E-state index is 12.1. The summed E-state index contributed by atoms with van der Waals surface area (Å²) in [7, 11) is 0. The zero-order valence-electron chi connectivity index (χ0n) is 14.1. The summed E-state index contributed by atoms with van der Waals surface area (Å²) >= 11 is 6.01. The molecular weight excluding hydrogens is 352 g/mol. The van der Waals surface area contributed by atoms with Crippen LogP contribution in [0.3, 0.4) is 0 Å². The number of nitrogens with one attached hydrogen (secondary N) is 2. The fourth-order valence-electron chi connectivity index (χ4n) is 2.49. The third-order valence-electron chi connectivity index (χ3n) is 3.65. The molecule has 0 atom stereocenters. The van der Waals surface area contributed by atoms with Crippen molar-refractivity contribution in [3.8, 4) is 5.75 Å². The molecule has 0 aliphatic carbocycles. The Balaban J connectivity index is 1.62. The van der Waals surface area contributed by atoms with E-state index in [2.05, 4.69) is 10.6 Å². The van der Waals surface area contributed by atoms with Gasteiger partial charge in [-0.15, -0.1) is 0 Å². The summed E-state index contributed by atoms with van der Waals surface area (Å²) in [5, 5.41) is 7.87. The molecule has 3 aromatic carbocycles. The first-order chi connectivity index (χ1) is 12.5. The molecule has 0 aromatic heterocycles. The number of benzene rings is 3. The van der Waals surface area contributed by atoms with Crippen LogP contribution < -0.4 is 15.4 Å². The molecule has 0 fully saturated rings. The smallest absolute Gasteiger partial charge is 0.262 e. The number of hydrogen-bond acceptors (Lipinski definition) is 3. The molecular formula is C20H17ClN2O3. The van der Waals surface area contributed by atoms with Crippen molar-refractivity contribution in [3.63, 3.8) is 0 Å². The van der Waals surface area contributed by atoms with Crippen LogP contribution in [0.15, 0.2) is 60.7 Å². The second kappa shape index (κ2) is 7.89. The van der Waals surface area contributed by atoms with E-state index in [0.29, 0.717) is 22.1 Å². The molecule has 0 bridgehead atoms. The van der Waals surface area contributed by atoms with Crippen LogP contribution in [0.25, 0.3) is 10.8 Å². The molecule has 6 heteroatoms. The Kier molecular flexibility index (Phi) is 5.39. The summed E-state index contributed by atoms with van der Waals surface area (Å²) in [4.78, 5) is 23.3. The van der Waals surface area contributed by atoms with Gasteiger partial charge in [0.05, 0.1) is 10.7 Å². The van der Waals surface area contributed by atoms with Crippen LogP contribution in [0.1, 0.15) is 6.92 Å². The highest BCUT2D eigenvalue weighted by Crippen LogP contribution is 2.25. The topological polar surface area (TPSA) is 67.4 Å². The Morgan fingerprint density at radius 2 is 1.73 bits per heavy atom. The van der Waals surface area contributed by atoms with Crippen LogP contribution in [-0.4, -0.2) is 18.4 Å². The molecule has 0 heterocycles. The zero-order valence-corrected chi connectivity index (χ0v) is 14.8. The monoisotopic (exact) mass is 368 g/mol. The van der Waals surface area contributed by atoms with Crippen LogP contribution in [0.4, 0.5) is 11.4 Å². The first kappa shape index (κ1) is 17.8. The van der Waals surface area contributed by atoms with Crippen molar-refractivity contribution in [2.75, 3.05) is 17.2 Å². The molecule has 2 amide bonds. The average molecular weight is 369 g/mol. The van der Waals surface area contributed by atoms with E-state index in [1.165, 1.54) is 6.92 Å². The van der Waals surface area contributed by atoms with Crippen LogP contribution in [0, 0.1) is 0 Å². The molecule has 0 saturated heterocycles. The van der Waals surface area contributed by atoms with Crippen LogP contribution in [-0.2, 0) is 9.59 Å². The Bertz CT molecular complexity index is 972. The summed E-state index contributed by atoms with van der Waals surface area (Å²) in [5.74, 6) is 0.0677. The predicted octanol–water partition coefficient (Wildman–Crippen LogP) is 4.47. The van der Waals surface area contributed by atoms with Gasteiger partial charge in [-0.05, 0) is 41.1 Å². The lowest BCUT2D eigenvalue weighted by atomic mass is 10.1. The van der Waals surface area contributed by atoms with Crippen LogP contribution >= 0.6 is 11.6 Å². The molecule has 2 N–H and O–H groups in total. The number of halogens is 1. The number of ether oxygens (including phenoxy) is 1. The van der Waals surface area contributed by atoms with Gasteiger partial charge in [0.2, 0.25) is 5.91 Å². The highest BCUT2D eigenvalue weighted by Gasteiger charge is 2.08. The Morgan fingerprint density at radius 1 is 0.962 bits per heavy atom. The minimum Gasteiger partial charge on any atom is -0.484 e. The van der Waals surface area contributed by atoms with E-state index in [0.717, 1.165) is 10.8 Å². The summed E-state index contributed by atoms with van der Waals surface area (Å²) < 4.78 is 5.56.